The second kappa shape index (κ2) is 5.42. The summed E-state index contributed by atoms with van der Waals surface area (Å²) in [5.74, 6) is -0.292. The standard InChI is InChI=1S/C12H18BrFN3/c1-15-17(6-4-2-3-5-7-17)10-8-11(14)12(13)16-9-10/h8-9,15H,2-7H2,1H3/q+1. The molecule has 1 aliphatic rings. The molecular weight excluding hydrogens is 285 g/mol. The third-order valence-corrected chi connectivity index (χ3v) is 4.12. The van der Waals surface area contributed by atoms with Crippen LogP contribution in [-0.2, 0) is 0 Å². The molecule has 5 heteroatoms. The minimum absolute atomic E-state index is 0.283. The molecule has 1 fully saturated rings. The van der Waals surface area contributed by atoms with Gasteiger partial charge in [0.25, 0.3) is 0 Å². The van der Waals surface area contributed by atoms with Crippen LogP contribution in [0.15, 0.2) is 16.9 Å². The second-order valence-electron chi connectivity index (χ2n) is 4.52. The van der Waals surface area contributed by atoms with Crippen molar-refractivity contribution in [2.75, 3.05) is 20.1 Å². The average Bonchev–Trinajstić information content (AvgIpc) is 2.59. The average molecular weight is 303 g/mol. The van der Waals surface area contributed by atoms with E-state index in [4.69, 9.17) is 0 Å². The number of pyridine rings is 1. The first-order valence-corrected chi connectivity index (χ1v) is 6.85. The zero-order valence-corrected chi connectivity index (χ0v) is 11.6. The lowest BCUT2D eigenvalue weighted by atomic mass is 10.2. The summed E-state index contributed by atoms with van der Waals surface area (Å²) in [7, 11) is 1.94. The van der Waals surface area contributed by atoms with E-state index in [1.54, 1.807) is 12.3 Å². The van der Waals surface area contributed by atoms with E-state index in [0.29, 0.717) is 4.59 Å². The first kappa shape index (κ1) is 12.9. The summed E-state index contributed by atoms with van der Waals surface area (Å²) >= 11 is 3.09. The molecular formula is C12H18BrFN3+. The van der Waals surface area contributed by atoms with Gasteiger partial charge in [-0.1, -0.05) is 0 Å². The van der Waals surface area contributed by atoms with Gasteiger partial charge in [-0.2, -0.15) is 5.43 Å². The summed E-state index contributed by atoms with van der Waals surface area (Å²) in [6, 6.07) is 1.58. The Morgan fingerprint density at radius 2 is 1.94 bits per heavy atom. The van der Waals surface area contributed by atoms with Gasteiger partial charge < -0.3 is 0 Å². The molecule has 0 atom stereocenters. The monoisotopic (exact) mass is 302 g/mol. The third kappa shape index (κ3) is 2.67. The second-order valence-corrected chi connectivity index (χ2v) is 5.27. The van der Waals surface area contributed by atoms with Gasteiger partial charge in [-0.15, -0.1) is 0 Å². The Hall–Kier alpha value is -0.520. The van der Waals surface area contributed by atoms with Gasteiger partial charge in [0.15, 0.2) is 11.5 Å². The van der Waals surface area contributed by atoms with Crippen LogP contribution in [0.25, 0.3) is 0 Å². The molecule has 2 rings (SSSR count). The van der Waals surface area contributed by atoms with Gasteiger partial charge in [0.1, 0.15) is 17.7 Å². The number of nitrogens with one attached hydrogen (secondary N) is 1. The fraction of sp³-hybridized carbons (Fsp3) is 0.583. The van der Waals surface area contributed by atoms with Gasteiger partial charge in [0.2, 0.25) is 0 Å². The molecule has 1 aromatic rings. The topological polar surface area (TPSA) is 24.9 Å². The van der Waals surface area contributed by atoms with E-state index in [9.17, 15) is 4.39 Å². The zero-order valence-electron chi connectivity index (χ0n) is 10.0. The molecule has 1 N–H and O–H groups in total. The summed E-state index contributed by atoms with van der Waals surface area (Å²) in [5, 5.41) is 0. The largest absolute Gasteiger partial charge is 0.240 e. The molecule has 3 nitrogen and oxygen atoms in total. The van der Waals surface area contributed by atoms with Crippen molar-refractivity contribution >= 4 is 21.6 Å². The van der Waals surface area contributed by atoms with Crippen LogP contribution in [0.1, 0.15) is 25.7 Å². The number of quaternary nitrogens is 1. The Morgan fingerprint density at radius 1 is 1.29 bits per heavy atom. The molecule has 0 unspecified atom stereocenters. The summed E-state index contributed by atoms with van der Waals surface area (Å²) in [5.41, 5.74) is 4.25. The minimum atomic E-state index is -0.292. The van der Waals surface area contributed by atoms with Crippen molar-refractivity contribution in [1.29, 1.82) is 0 Å². The minimum Gasteiger partial charge on any atom is -0.240 e. The molecule has 1 saturated heterocycles. The molecule has 0 saturated carbocycles. The SMILES string of the molecule is CN[N+]1(c2cnc(Br)c(F)c2)CCCCCC1. The van der Waals surface area contributed by atoms with Gasteiger partial charge >= 0.3 is 0 Å². The number of nitrogens with zero attached hydrogens (tertiary/aromatic N) is 2. The first-order chi connectivity index (χ1) is 8.18. The highest BCUT2D eigenvalue weighted by molar-refractivity contribution is 9.10. The molecule has 0 spiro atoms. The fourth-order valence-corrected chi connectivity index (χ4v) is 2.70. The Labute approximate surface area is 110 Å². The van der Waals surface area contributed by atoms with E-state index in [0.717, 1.165) is 18.8 Å². The predicted octanol–water partition coefficient (Wildman–Crippen LogP) is 3.00. The van der Waals surface area contributed by atoms with E-state index < -0.39 is 0 Å². The highest BCUT2D eigenvalue weighted by atomic mass is 79.9. The molecule has 1 aliphatic heterocycles. The van der Waals surface area contributed by atoms with Gasteiger partial charge in [0, 0.05) is 13.1 Å². The highest BCUT2D eigenvalue weighted by Gasteiger charge is 2.31. The predicted molar refractivity (Wildman–Crippen MR) is 71.0 cm³/mol. The summed E-state index contributed by atoms with van der Waals surface area (Å²) in [6.45, 7) is 2.00. The number of hydrogen-bond donors (Lipinski definition) is 1. The van der Waals surface area contributed by atoms with Crippen molar-refractivity contribution in [2.24, 2.45) is 0 Å². The Morgan fingerprint density at radius 3 is 2.47 bits per heavy atom. The first-order valence-electron chi connectivity index (χ1n) is 6.06. The van der Waals surface area contributed by atoms with Crippen LogP contribution in [0.5, 0.6) is 0 Å². The smallest absolute Gasteiger partial charge is 0.173 e. The lowest BCUT2D eigenvalue weighted by molar-refractivity contribution is 0.215. The molecule has 1 aromatic heterocycles. The maximum absolute atomic E-state index is 13.6. The molecule has 0 radical (unpaired) electrons. The summed E-state index contributed by atoms with van der Waals surface area (Å²) < 4.78 is 14.5. The highest BCUT2D eigenvalue weighted by Crippen LogP contribution is 2.27. The molecule has 17 heavy (non-hydrogen) atoms. The van der Waals surface area contributed by atoms with E-state index in [2.05, 4.69) is 26.3 Å². The number of aromatic nitrogens is 1. The molecule has 0 aromatic carbocycles. The van der Waals surface area contributed by atoms with Gasteiger partial charge in [-0.3, -0.25) is 0 Å². The van der Waals surface area contributed by atoms with Crippen LogP contribution in [0, 0.1) is 5.82 Å². The van der Waals surface area contributed by atoms with Crippen LogP contribution < -0.4 is 10.0 Å². The van der Waals surface area contributed by atoms with E-state index in [-0.39, 0.29) is 10.4 Å². The fourth-order valence-electron chi connectivity index (χ4n) is 2.48. The van der Waals surface area contributed by atoms with Crippen molar-refractivity contribution in [3.05, 3.63) is 22.7 Å². The Balaban J connectivity index is 2.35. The van der Waals surface area contributed by atoms with E-state index >= 15 is 0 Å². The normalized spacial score (nSPS) is 19.9. The molecule has 0 aliphatic carbocycles. The summed E-state index contributed by atoms with van der Waals surface area (Å²) in [6.07, 6.45) is 6.61. The molecule has 94 valence electrons. The van der Waals surface area contributed by atoms with E-state index in [1.807, 2.05) is 7.05 Å². The third-order valence-electron chi connectivity index (χ3n) is 3.53. The molecule has 2 heterocycles. The lowest BCUT2D eigenvalue weighted by Crippen LogP contribution is -2.58. The van der Waals surface area contributed by atoms with Crippen molar-refractivity contribution < 1.29 is 4.39 Å². The Kier molecular flexibility index (Phi) is 4.12. The van der Waals surface area contributed by atoms with Crippen molar-refractivity contribution in [3.63, 3.8) is 0 Å². The van der Waals surface area contributed by atoms with Crippen molar-refractivity contribution in [3.8, 4) is 0 Å². The van der Waals surface area contributed by atoms with Gasteiger partial charge in [-0.05, 0) is 41.6 Å². The van der Waals surface area contributed by atoms with Crippen LogP contribution in [0.3, 0.4) is 0 Å². The Bertz CT molecular complexity index is 389. The van der Waals surface area contributed by atoms with Gasteiger partial charge in [0.05, 0.1) is 6.20 Å². The summed E-state index contributed by atoms with van der Waals surface area (Å²) in [4.78, 5) is 4.06. The number of rotatable bonds is 2. The van der Waals surface area contributed by atoms with Crippen molar-refractivity contribution in [2.45, 2.75) is 25.7 Å². The van der Waals surface area contributed by atoms with Crippen molar-refractivity contribution in [1.82, 2.24) is 15.0 Å². The lowest BCUT2D eigenvalue weighted by Gasteiger charge is -2.35. The number of halogens is 2. The van der Waals surface area contributed by atoms with Crippen LogP contribution in [0.2, 0.25) is 0 Å². The maximum atomic E-state index is 13.6. The maximum Gasteiger partial charge on any atom is 0.173 e. The molecule has 0 bridgehead atoms. The quantitative estimate of drug-likeness (QED) is 0.671. The zero-order chi connectivity index (χ0) is 12.3. The van der Waals surface area contributed by atoms with Gasteiger partial charge in [-0.25, -0.2) is 14.0 Å². The number of hydrogen-bond acceptors (Lipinski definition) is 2. The van der Waals surface area contributed by atoms with E-state index in [1.165, 1.54) is 25.7 Å². The van der Waals surface area contributed by atoms with Crippen LogP contribution >= 0.6 is 15.9 Å². The van der Waals surface area contributed by atoms with Crippen LogP contribution in [0.4, 0.5) is 10.1 Å². The van der Waals surface area contributed by atoms with Crippen LogP contribution in [-0.4, -0.2) is 25.1 Å². The molecule has 0 amide bonds.